The van der Waals surface area contributed by atoms with Gasteiger partial charge in [-0.15, -0.1) is 0 Å². The Morgan fingerprint density at radius 1 is 0.812 bits per heavy atom. The number of hydrogen-bond acceptors (Lipinski definition) is 5. The van der Waals surface area contributed by atoms with E-state index in [4.69, 9.17) is 11.6 Å². The summed E-state index contributed by atoms with van der Waals surface area (Å²) in [5.41, 5.74) is 1.70. The molecule has 1 aliphatic rings. The molecule has 1 aliphatic heterocycles. The molecule has 0 aliphatic carbocycles. The molecule has 0 bridgehead atoms. The smallest absolute Gasteiger partial charge is 0.266 e. The first-order chi connectivity index (χ1) is 15.6. The van der Waals surface area contributed by atoms with E-state index in [1.807, 2.05) is 6.07 Å². The van der Waals surface area contributed by atoms with Gasteiger partial charge in [-0.1, -0.05) is 59.8 Å². The summed E-state index contributed by atoms with van der Waals surface area (Å²) < 4.78 is 1.48. The molecule has 3 aromatic carbocycles. The molecule has 8 heteroatoms. The van der Waals surface area contributed by atoms with Gasteiger partial charge >= 0.3 is 0 Å². The van der Waals surface area contributed by atoms with Gasteiger partial charge in [-0.3, -0.25) is 23.9 Å². The molecular weight excluding hydrogens is 446 g/mol. The van der Waals surface area contributed by atoms with E-state index in [1.165, 1.54) is 21.2 Å². The molecule has 0 fully saturated rings. The largest absolute Gasteiger partial charge is 0.273 e. The van der Waals surface area contributed by atoms with Crippen LogP contribution >= 0.6 is 23.4 Å². The van der Waals surface area contributed by atoms with E-state index in [1.54, 1.807) is 66.7 Å². The van der Waals surface area contributed by atoms with Gasteiger partial charge in [-0.25, -0.2) is 4.98 Å². The van der Waals surface area contributed by atoms with Gasteiger partial charge in [0.25, 0.3) is 17.4 Å². The summed E-state index contributed by atoms with van der Waals surface area (Å²) in [5.74, 6) is -0.233. The Kier molecular flexibility index (Phi) is 5.28. The number of hydrogen-bond donors (Lipinski definition) is 0. The van der Waals surface area contributed by atoms with Crippen LogP contribution in [0.2, 0.25) is 5.02 Å². The molecule has 4 aromatic rings. The maximum atomic E-state index is 13.3. The third-order valence-electron chi connectivity index (χ3n) is 5.26. The first-order valence-electron chi connectivity index (χ1n) is 9.91. The second kappa shape index (κ2) is 8.26. The summed E-state index contributed by atoms with van der Waals surface area (Å²) in [5, 5.41) is 1.35. The molecule has 0 unspecified atom stereocenters. The molecule has 1 aromatic heterocycles. The zero-order chi connectivity index (χ0) is 22.2. The van der Waals surface area contributed by atoms with Crippen molar-refractivity contribution in [1.82, 2.24) is 14.5 Å². The van der Waals surface area contributed by atoms with E-state index >= 15 is 0 Å². The Labute approximate surface area is 192 Å². The molecule has 5 rings (SSSR count). The van der Waals surface area contributed by atoms with Crippen LogP contribution in [0, 0.1) is 0 Å². The van der Waals surface area contributed by atoms with Gasteiger partial charge in [0.1, 0.15) is 0 Å². The first kappa shape index (κ1) is 20.5. The van der Waals surface area contributed by atoms with Crippen LogP contribution in [0.5, 0.6) is 0 Å². The maximum absolute atomic E-state index is 13.3. The lowest BCUT2D eigenvalue weighted by molar-refractivity contribution is 0.0664. The summed E-state index contributed by atoms with van der Waals surface area (Å²) >= 11 is 7.68. The second-order valence-corrected chi connectivity index (χ2v) is 8.63. The highest BCUT2D eigenvalue weighted by Gasteiger charge is 2.34. The molecule has 0 radical (unpaired) electrons. The van der Waals surface area contributed by atoms with Gasteiger partial charge < -0.3 is 0 Å². The molecule has 158 valence electrons. The lowest BCUT2D eigenvalue weighted by Crippen LogP contribution is -2.32. The van der Waals surface area contributed by atoms with Gasteiger partial charge in [-0.2, -0.15) is 0 Å². The summed E-state index contributed by atoms with van der Waals surface area (Å²) in [4.78, 5) is 44.5. The van der Waals surface area contributed by atoms with Crippen LogP contribution in [0.3, 0.4) is 0 Å². The number of rotatable bonds is 5. The normalized spacial score (nSPS) is 13.1. The van der Waals surface area contributed by atoms with Gasteiger partial charge in [0.2, 0.25) is 0 Å². The summed E-state index contributed by atoms with van der Waals surface area (Å²) in [7, 11) is 0. The average Bonchev–Trinajstić information content (AvgIpc) is 3.05. The van der Waals surface area contributed by atoms with Crippen molar-refractivity contribution >= 4 is 46.1 Å². The molecule has 2 amide bonds. The van der Waals surface area contributed by atoms with Crippen LogP contribution in [-0.2, 0) is 0 Å². The lowest BCUT2D eigenvalue weighted by Gasteiger charge is -2.16. The third kappa shape index (κ3) is 3.39. The number of thioether (sulfide) groups is 1. The van der Waals surface area contributed by atoms with Crippen molar-refractivity contribution in [3.05, 3.63) is 99.3 Å². The number of imide groups is 1. The van der Waals surface area contributed by atoms with E-state index in [0.717, 1.165) is 0 Å². The van der Waals surface area contributed by atoms with Crippen LogP contribution < -0.4 is 5.56 Å². The zero-order valence-corrected chi connectivity index (χ0v) is 18.3. The minimum atomic E-state index is -0.304. The highest BCUT2D eigenvalue weighted by atomic mass is 35.5. The minimum Gasteiger partial charge on any atom is -0.273 e. The van der Waals surface area contributed by atoms with Crippen molar-refractivity contribution < 1.29 is 9.59 Å². The molecule has 0 N–H and O–H groups in total. The summed E-state index contributed by atoms with van der Waals surface area (Å²) in [6, 6.07) is 21.0. The predicted molar refractivity (Wildman–Crippen MR) is 125 cm³/mol. The Hall–Kier alpha value is -3.42. The zero-order valence-electron chi connectivity index (χ0n) is 16.7. The topological polar surface area (TPSA) is 72.3 Å². The van der Waals surface area contributed by atoms with Crippen molar-refractivity contribution in [2.45, 2.75) is 5.16 Å². The van der Waals surface area contributed by atoms with Crippen molar-refractivity contribution in [2.75, 3.05) is 12.3 Å². The van der Waals surface area contributed by atoms with Crippen molar-refractivity contribution in [3.8, 4) is 5.69 Å². The molecule has 2 heterocycles. The Morgan fingerprint density at radius 3 is 2.16 bits per heavy atom. The number of carbonyl (C=O) groups excluding carboxylic acids is 2. The maximum Gasteiger partial charge on any atom is 0.266 e. The standard InChI is InChI=1S/C24H16ClN3O3S/c25-18-10-4-6-12-20(18)28-23(31)17-9-3-5-11-19(17)26-24(28)32-14-13-27-21(29)15-7-1-2-8-16(15)22(27)30/h1-12H,13-14H2. The average molecular weight is 462 g/mol. The fourth-order valence-corrected chi connectivity index (χ4v) is 4.88. The van der Waals surface area contributed by atoms with E-state index in [-0.39, 0.29) is 23.9 Å². The number of fused-ring (bicyclic) bond motifs is 2. The van der Waals surface area contributed by atoms with Crippen molar-refractivity contribution in [1.29, 1.82) is 0 Å². The van der Waals surface area contributed by atoms with E-state index < -0.39 is 0 Å². The molecule has 0 spiro atoms. The molecule has 32 heavy (non-hydrogen) atoms. The van der Waals surface area contributed by atoms with Gasteiger partial charge in [0.15, 0.2) is 5.16 Å². The lowest BCUT2D eigenvalue weighted by atomic mass is 10.1. The number of aromatic nitrogens is 2. The van der Waals surface area contributed by atoms with Crippen LogP contribution in [0.25, 0.3) is 16.6 Å². The number of amides is 2. The molecule has 0 saturated heterocycles. The van der Waals surface area contributed by atoms with E-state index in [0.29, 0.717) is 43.6 Å². The number of carbonyl (C=O) groups is 2. The Balaban J connectivity index is 1.48. The van der Waals surface area contributed by atoms with E-state index in [9.17, 15) is 14.4 Å². The quantitative estimate of drug-likeness (QED) is 0.250. The fourth-order valence-electron chi connectivity index (χ4n) is 3.73. The highest BCUT2D eigenvalue weighted by Crippen LogP contribution is 2.27. The second-order valence-electron chi connectivity index (χ2n) is 7.16. The summed E-state index contributed by atoms with van der Waals surface area (Å²) in [6.45, 7) is 0.197. The Morgan fingerprint density at radius 2 is 1.44 bits per heavy atom. The van der Waals surface area contributed by atoms with E-state index in [2.05, 4.69) is 4.98 Å². The highest BCUT2D eigenvalue weighted by molar-refractivity contribution is 7.99. The van der Waals surface area contributed by atoms with Gasteiger partial charge in [-0.05, 0) is 36.4 Å². The molecule has 0 atom stereocenters. The van der Waals surface area contributed by atoms with Crippen LogP contribution in [0.4, 0.5) is 0 Å². The predicted octanol–water partition coefficient (Wildman–Crippen LogP) is 4.43. The Bertz CT molecular complexity index is 1420. The number of halogens is 1. The number of para-hydroxylation sites is 2. The van der Waals surface area contributed by atoms with Gasteiger partial charge in [0, 0.05) is 12.3 Å². The molecule has 6 nitrogen and oxygen atoms in total. The van der Waals surface area contributed by atoms with Crippen molar-refractivity contribution in [3.63, 3.8) is 0 Å². The first-order valence-corrected chi connectivity index (χ1v) is 11.3. The van der Waals surface area contributed by atoms with Crippen LogP contribution in [0.15, 0.2) is 82.7 Å². The summed E-state index contributed by atoms with van der Waals surface area (Å²) in [6.07, 6.45) is 0. The van der Waals surface area contributed by atoms with Crippen LogP contribution in [0.1, 0.15) is 20.7 Å². The third-order valence-corrected chi connectivity index (χ3v) is 6.50. The number of nitrogens with zero attached hydrogens (tertiary/aromatic N) is 3. The minimum absolute atomic E-state index is 0.197. The van der Waals surface area contributed by atoms with Crippen LogP contribution in [-0.4, -0.2) is 38.6 Å². The molecular formula is C24H16ClN3O3S. The van der Waals surface area contributed by atoms with Gasteiger partial charge in [0.05, 0.1) is 32.7 Å². The SMILES string of the molecule is O=C1c2ccccc2C(=O)N1CCSc1nc2ccccc2c(=O)n1-c1ccccc1Cl. The molecule has 0 saturated carbocycles. The van der Waals surface area contributed by atoms with Crippen molar-refractivity contribution in [2.24, 2.45) is 0 Å². The fraction of sp³-hybridized carbons (Fsp3) is 0.0833. The number of benzene rings is 3. The monoisotopic (exact) mass is 461 g/mol.